The van der Waals surface area contributed by atoms with Gasteiger partial charge < -0.3 is 10.1 Å². The fourth-order valence-corrected chi connectivity index (χ4v) is 3.59. The highest BCUT2D eigenvalue weighted by molar-refractivity contribution is 9.10. The van der Waals surface area contributed by atoms with Crippen molar-refractivity contribution in [3.05, 3.63) is 50.4 Å². The van der Waals surface area contributed by atoms with Gasteiger partial charge in [0.05, 0.1) is 30.8 Å². The number of carbonyl (C=O) groups excluding carboxylic acids is 2. The number of hydrogen-bond acceptors (Lipinski definition) is 5. The second-order valence-corrected chi connectivity index (χ2v) is 7.67. The Bertz CT molecular complexity index is 741. The Hall–Kier alpha value is -1.73. The Labute approximate surface area is 152 Å². The van der Waals surface area contributed by atoms with Gasteiger partial charge in [-0.1, -0.05) is 28.1 Å². The summed E-state index contributed by atoms with van der Waals surface area (Å²) < 4.78 is 5.68. The van der Waals surface area contributed by atoms with E-state index in [4.69, 9.17) is 4.74 Å². The molecule has 1 aromatic heterocycles. The number of carbonyl (C=O) groups is 2. The van der Waals surface area contributed by atoms with Crippen LogP contribution in [0.15, 0.2) is 34.9 Å². The van der Waals surface area contributed by atoms with E-state index in [9.17, 15) is 9.59 Å². The Morgan fingerprint density at radius 3 is 2.71 bits per heavy atom. The third kappa shape index (κ3) is 4.21. The van der Waals surface area contributed by atoms with E-state index in [-0.39, 0.29) is 18.3 Å². The lowest BCUT2D eigenvalue weighted by molar-refractivity contribution is -0.141. The topological polar surface area (TPSA) is 68.3 Å². The minimum atomic E-state index is -0.440. The number of ether oxygens (including phenoxy) is 1. The lowest BCUT2D eigenvalue weighted by atomic mass is 10.0. The van der Waals surface area contributed by atoms with Crippen molar-refractivity contribution in [2.75, 3.05) is 7.11 Å². The number of halogens is 1. The fourth-order valence-electron chi connectivity index (χ4n) is 2.34. The quantitative estimate of drug-likeness (QED) is 0.737. The second-order valence-electron chi connectivity index (χ2n) is 5.69. The molecule has 1 N–H and O–H groups in total. The maximum absolute atomic E-state index is 12.5. The minimum Gasteiger partial charge on any atom is -0.469 e. The van der Waals surface area contributed by atoms with Crippen LogP contribution >= 0.6 is 27.3 Å². The Balaban J connectivity index is 1.75. The lowest BCUT2D eigenvalue weighted by Gasteiger charge is -2.17. The SMILES string of the molecule is COC(=O)CC(NC(=O)c1cnc(C2CC2)s1)c1ccc(Br)cc1. The summed E-state index contributed by atoms with van der Waals surface area (Å²) in [5, 5.41) is 3.94. The van der Waals surface area contributed by atoms with Crippen LogP contribution in [-0.2, 0) is 9.53 Å². The molecule has 1 aliphatic carbocycles. The molecular weight excluding hydrogens is 392 g/mol. The molecule has 1 aromatic carbocycles. The predicted octanol–water partition coefficient (Wildman–Crippen LogP) is 3.82. The van der Waals surface area contributed by atoms with Crippen LogP contribution in [0.3, 0.4) is 0 Å². The molecular formula is C17H17BrN2O3S. The summed E-state index contributed by atoms with van der Waals surface area (Å²) in [7, 11) is 1.34. The van der Waals surface area contributed by atoms with Gasteiger partial charge in [0.15, 0.2) is 0 Å². The van der Waals surface area contributed by atoms with Crippen molar-refractivity contribution >= 4 is 39.1 Å². The van der Waals surface area contributed by atoms with Crippen molar-refractivity contribution in [1.29, 1.82) is 0 Å². The molecule has 1 unspecified atom stereocenters. The summed E-state index contributed by atoms with van der Waals surface area (Å²) >= 11 is 4.81. The highest BCUT2D eigenvalue weighted by Crippen LogP contribution is 2.41. The van der Waals surface area contributed by atoms with Crippen LogP contribution in [0.4, 0.5) is 0 Å². The number of hydrogen-bond donors (Lipinski definition) is 1. The molecule has 1 amide bonds. The third-order valence-electron chi connectivity index (χ3n) is 3.85. The Morgan fingerprint density at radius 2 is 2.08 bits per heavy atom. The first kappa shape index (κ1) is 17.1. The van der Waals surface area contributed by atoms with E-state index in [1.807, 2.05) is 24.3 Å². The van der Waals surface area contributed by atoms with Gasteiger partial charge >= 0.3 is 5.97 Å². The summed E-state index contributed by atoms with van der Waals surface area (Å²) in [6.07, 6.45) is 4.00. The van der Waals surface area contributed by atoms with Gasteiger partial charge in [-0.25, -0.2) is 4.98 Å². The summed E-state index contributed by atoms with van der Waals surface area (Å²) in [6.45, 7) is 0. The van der Waals surface area contributed by atoms with Gasteiger partial charge in [-0.05, 0) is 30.5 Å². The largest absolute Gasteiger partial charge is 0.469 e. The second kappa shape index (κ2) is 7.44. The van der Waals surface area contributed by atoms with Crippen molar-refractivity contribution in [1.82, 2.24) is 10.3 Å². The van der Waals surface area contributed by atoms with E-state index < -0.39 is 6.04 Å². The number of amides is 1. The molecule has 0 bridgehead atoms. The lowest BCUT2D eigenvalue weighted by Crippen LogP contribution is -2.30. The zero-order valence-corrected chi connectivity index (χ0v) is 15.5. The number of benzene rings is 1. The minimum absolute atomic E-state index is 0.0815. The zero-order valence-electron chi connectivity index (χ0n) is 13.1. The van der Waals surface area contributed by atoms with Crippen molar-refractivity contribution in [2.45, 2.75) is 31.2 Å². The molecule has 1 heterocycles. The van der Waals surface area contributed by atoms with Gasteiger partial charge in [0.25, 0.3) is 5.91 Å². The van der Waals surface area contributed by atoms with Gasteiger partial charge in [-0.15, -0.1) is 11.3 Å². The fraction of sp³-hybridized carbons (Fsp3) is 0.353. The van der Waals surface area contributed by atoms with Crippen molar-refractivity contribution in [2.24, 2.45) is 0 Å². The maximum atomic E-state index is 12.5. The van der Waals surface area contributed by atoms with E-state index >= 15 is 0 Å². The van der Waals surface area contributed by atoms with Crippen LogP contribution in [0, 0.1) is 0 Å². The van der Waals surface area contributed by atoms with Crippen LogP contribution in [0.1, 0.15) is 51.5 Å². The third-order valence-corrected chi connectivity index (χ3v) is 5.54. The first-order valence-electron chi connectivity index (χ1n) is 7.65. The highest BCUT2D eigenvalue weighted by Gasteiger charge is 2.28. The standard InChI is InChI=1S/C17H17BrN2O3S/c1-23-15(21)8-13(10-4-6-12(18)7-5-10)20-16(22)14-9-19-17(24-14)11-2-3-11/h4-7,9,11,13H,2-3,8H2,1H3,(H,20,22). The Morgan fingerprint density at radius 1 is 1.38 bits per heavy atom. The first-order valence-corrected chi connectivity index (χ1v) is 9.26. The number of esters is 1. The molecule has 0 radical (unpaired) electrons. The van der Waals surface area contributed by atoms with E-state index in [1.54, 1.807) is 6.20 Å². The van der Waals surface area contributed by atoms with Gasteiger partial charge in [0.1, 0.15) is 4.88 Å². The molecule has 0 spiro atoms. The molecule has 7 heteroatoms. The molecule has 1 aliphatic rings. The van der Waals surface area contributed by atoms with E-state index in [0.717, 1.165) is 27.9 Å². The van der Waals surface area contributed by atoms with Crippen molar-refractivity contribution in [3.63, 3.8) is 0 Å². The number of aromatic nitrogens is 1. The summed E-state index contributed by atoms with van der Waals surface area (Å²) in [6, 6.07) is 7.07. The van der Waals surface area contributed by atoms with Crippen molar-refractivity contribution in [3.8, 4) is 0 Å². The van der Waals surface area contributed by atoms with E-state index in [0.29, 0.717) is 10.8 Å². The van der Waals surface area contributed by atoms with E-state index in [2.05, 4.69) is 26.2 Å². The molecule has 0 saturated heterocycles. The maximum Gasteiger partial charge on any atom is 0.307 e. The average Bonchev–Trinajstić information content (AvgIpc) is 3.31. The molecule has 1 atom stereocenters. The summed E-state index contributed by atoms with van der Waals surface area (Å²) in [5.41, 5.74) is 0.851. The van der Waals surface area contributed by atoms with Gasteiger partial charge in [0.2, 0.25) is 0 Å². The number of nitrogens with zero attached hydrogens (tertiary/aromatic N) is 1. The van der Waals surface area contributed by atoms with Gasteiger partial charge in [0, 0.05) is 10.4 Å². The number of thiazole rings is 1. The van der Waals surface area contributed by atoms with Crippen LogP contribution in [-0.4, -0.2) is 24.0 Å². The molecule has 1 fully saturated rings. The number of rotatable bonds is 6. The predicted molar refractivity (Wildman–Crippen MR) is 95.1 cm³/mol. The normalized spacial score (nSPS) is 14.9. The molecule has 126 valence electrons. The highest BCUT2D eigenvalue weighted by atomic mass is 79.9. The molecule has 3 rings (SSSR count). The number of methoxy groups -OCH3 is 1. The van der Waals surface area contributed by atoms with Crippen LogP contribution in [0.25, 0.3) is 0 Å². The zero-order chi connectivity index (χ0) is 17.1. The molecule has 2 aromatic rings. The smallest absolute Gasteiger partial charge is 0.307 e. The molecule has 5 nitrogen and oxygen atoms in total. The first-order chi connectivity index (χ1) is 11.6. The van der Waals surface area contributed by atoms with Gasteiger partial charge in [-0.3, -0.25) is 9.59 Å². The van der Waals surface area contributed by atoms with Crippen LogP contribution in [0.5, 0.6) is 0 Å². The molecule has 24 heavy (non-hydrogen) atoms. The van der Waals surface area contributed by atoms with E-state index in [1.165, 1.54) is 18.4 Å². The number of nitrogens with one attached hydrogen (secondary N) is 1. The summed E-state index contributed by atoms with van der Waals surface area (Å²) in [5.74, 6) is -0.0590. The van der Waals surface area contributed by atoms with Crippen molar-refractivity contribution < 1.29 is 14.3 Å². The van der Waals surface area contributed by atoms with Crippen LogP contribution < -0.4 is 5.32 Å². The average molecular weight is 409 g/mol. The summed E-state index contributed by atoms with van der Waals surface area (Å²) in [4.78, 5) is 29.1. The molecule has 0 aliphatic heterocycles. The van der Waals surface area contributed by atoms with Crippen LogP contribution in [0.2, 0.25) is 0 Å². The Kier molecular flexibility index (Phi) is 5.30. The molecule has 1 saturated carbocycles. The monoisotopic (exact) mass is 408 g/mol. The van der Waals surface area contributed by atoms with Gasteiger partial charge in [-0.2, -0.15) is 0 Å².